The number of carbonyl (C=O) groups is 1. The van der Waals surface area contributed by atoms with Crippen LogP contribution in [0.4, 0.5) is 8.78 Å². The second-order valence-electron chi connectivity index (χ2n) is 8.31. The molecule has 1 aliphatic heterocycles. The lowest BCUT2D eigenvalue weighted by Gasteiger charge is -2.31. The van der Waals surface area contributed by atoms with Crippen LogP contribution in [0.2, 0.25) is 0 Å². The first-order valence-corrected chi connectivity index (χ1v) is 11.9. The number of ether oxygens (including phenoxy) is 1. The topological polar surface area (TPSA) is 77.3 Å². The lowest BCUT2D eigenvalue weighted by atomic mass is 10.1. The second kappa shape index (κ2) is 8.75. The smallest absolute Gasteiger partial charge is 0.274 e. The molecule has 0 unspecified atom stereocenters. The van der Waals surface area contributed by atoms with Crippen molar-refractivity contribution in [3.63, 3.8) is 0 Å². The van der Waals surface area contributed by atoms with Gasteiger partial charge in [0.2, 0.25) is 5.43 Å². The number of halogens is 2. The molecule has 0 aliphatic carbocycles. The monoisotopic (exact) mass is 484 g/mol. The predicted molar refractivity (Wildman–Crippen MR) is 126 cm³/mol. The highest BCUT2D eigenvalue weighted by Crippen LogP contribution is 2.32. The minimum Gasteiger partial charge on any atom is -0.467 e. The van der Waals surface area contributed by atoms with Gasteiger partial charge in [0.05, 0.1) is 10.1 Å². The molecule has 4 aromatic rings. The van der Waals surface area contributed by atoms with E-state index in [0.29, 0.717) is 48.2 Å². The zero-order chi connectivity index (χ0) is 24.0. The summed E-state index contributed by atoms with van der Waals surface area (Å²) in [5.74, 6) is -1.69. The van der Waals surface area contributed by atoms with Crippen LogP contribution in [0.3, 0.4) is 0 Å². The van der Waals surface area contributed by atoms with E-state index in [9.17, 15) is 18.4 Å². The molecule has 3 aromatic heterocycles. The number of benzene rings is 1. The molecule has 176 valence electrons. The Morgan fingerprint density at radius 2 is 1.97 bits per heavy atom. The molecule has 1 aromatic carbocycles. The van der Waals surface area contributed by atoms with Gasteiger partial charge in [0.25, 0.3) is 11.1 Å². The number of rotatable bonds is 4. The number of carbonyl (C=O) groups excluding carboxylic acids is 1. The van der Waals surface area contributed by atoms with Crippen molar-refractivity contribution in [3.8, 4) is 5.19 Å². The zero-order valence-electron chi connectivity index (χ0n) is 18.7. The van der Waals surface area contributed by atoms with Gasteiger partial charge in [-0.3, -0.25) is 9.59 Å². The summed E-state index contributed by atoms with van der Waals surface area (Å²) in [6.45, 7) is 5.20. The van der Waals surface area contributed by atoms with E-state index in [1.807, 2.05) is 18.4 Å². The number of aromatic nitrogens is 3. The molecule has 0 atom stereocenters. The Bertz CT molecular complexity index is 1470. The van der Waals surface area contributed by atoms with Gasteiger partial charge in [-0.1, -0.05) is 11.3 Å². The number of amides is 1. The Morgan fingerprint density at radius 1 is 1.21 bits per heavy atom. The summed E-state index contributed by atoms with van der Waals surface area (Å²) in [6.07, 6.45) is 2.45. The SMILES string of the molecule is CCn1cc(C(=O)N2CCC(Oc3nc4c(F)cc(F)cc4s3)CC2)c(=O)c2ccc(C)nc21. The van der Waals surface area contributed by atoms with Gasteiger partial charge in [0, 0.05) is 50.4 Å². The number of thiazole rings is 1. The number of hydrogen-bond donors (Lipinski definition) is 0. The average molecular weight is 485 g/mol. The van der Waals surface area contributed by atoms with Gasteiger partial charge in [-0.2, -0.15) is 4.98 Å². The number of fused-ring (bicyclic) bond motifs is 2. The summed E-state index contributed by atoms with van der Waals surface area (Å²) < 4.78 is 35.5. The summed E-state index contributed by atoms with van der Waals surface area (Å²) in [5, 5.41) is 0.698. The van der Waals surface area contributed by atoms with Crippen molar-refractivity contribution in [2.45, 2.75) is 39.3 Å². The van der Waals surface area contributed by atoms with Crippen LogP contribution in [0.25, 0.3) is 21.3 Å². The molecule has 34 heavy (non-hydrogen) atoms. The molecule has 1 aliphatic rings. The van der Waals surface area contributed by atoms with Gasteiger partial charge in [-0.25, -0.2) is 13.8 Å². The van der Waals surface area contributed by atoms with Crippen molar-refractivity contribution in [1.82, 2.24) is 19.4 Å². The van der Waals surface area contributed by atoms with Crippen molar-refractivity contribution >= 4 is 38.5 Å². The van der Waals surface area contributed by atoms with E-state index in [1.54, 1.807) is 23.2 Å². The van der Waals surface area contributed by atoms with Gasteiger partial charge in [0.15, 0.2) is 5.82 Å². The number of likely N-dealkylation sites (tertiary alicyclic amines) is 1. The molecular formula is C24H22F2N4O3S. The van der Waals surface area contributed by atoms with Gasteiger partial charge in [-0.05, 0) is 32.0 Å². The lowest BCUT2D eigenvalue weighted by Crippen LogP contribution is -2.43. The van der Waals surface area contributed by atoms with Crippen molar-refractivity contribution in [1.29, 1.82) is 0 Å². The minimum absolute atomic E-state index is 0.0854. The van der Waals surface area contributed by atoms with E-state index in [1.165, 1.54) is 6.07 Å². The minimum atomic E-state index is -0.722. The number of piperidine rings is 1. The molecular weight excluding hydrogens is 462 g/mol. The Balaban J connectivity index is 1.31. The Hall–Kier alpha value is -3.40. The predicted octanol–water partition coefficient (Wildman–Crippen LogP) is 4.30. The van der Waals surface area contributed by atoms with Crippen LogP contribution in [0.15, 0.2) is 35.3 Å². The van der Waals surface area contributed by atoms with E-state index in [2.05, 4.69) is 9.97 Å². The molecule has 5 rings (SSSR count). The van der Waals surface area contributed by atoms with Crippen LogP contribution in [0.1, 0.15) is 35.8 Å². The third-order valence-electron chi connectivity index (χ3n) is 6.02. The second-order valence-corrected chi connectivity index (χ2v) is 9.30. The molecule has 1 fully saturated rings. The molecule has 0 spiro atoms. The fourth-order valence-electron chi connectivity index (χ4n) is 4.23. The lowest BCUT2D eigenvalue weighted by molar-refractivity contribution is 0.0593. The number of pyridine rings is 2. The zero-order valence-corrected chi connectivity index (χ0v) is 19.5. The van der Waals surface area contributed by atoms with Crippen LogP contribution in [-0.4, -0.2) is 44.5 Å². The van der Waals surface area contributed by atoms with E-state index in [-0.39, 0.29) is 33.7 Å². The average Bonchev–Trinajstić information content (AvgIpc) is 3.22. The summed E-state index contributed by atoms with van der Waals surface area (Å²) >= 11 is 1.09. The van der Waals surface area contributed by atoms with E-state index < -0.39 is 11.6 Å². The van der Waals surface area contributed by atoms with Crippen LogP contribution < -0.4 is 10.2 Å². The van der Waals surface area contributed by atoms with E-state index >= 15 is 0 Å². The summed E-state index contributed by atoms with van der Waals surface area (Å²) in [7, 11) is 0. The van der Waals surface area contributed by atoms with E-state index in [4.69, 9.17) is 4.74 Å². The fraction of sp³-hybridized carbons (Fsp3) is 0.333. The highest BCUT2D eigenvalue weighted by molar-refractivity contribution is 7.20. The standard InChI is InChI=1S/C24H22F2N4O3S/c1-3-29-12-17(21(31)16-5-4-13(2)27-22(16)29)23(32)30-8-6-15(7-9-30)33-24-28-20-18(26)10-14(25)11-19(20)34-24/h4-5,10-12,15H,3,6-9H2,1-2H3. The molecule has 7 nitrogen and oxygen atoms in total. The molecule has 1 saturated heterocycles. The summed E-state index contributed by atoms with van der Waals surface area (Å²) in [5.41, 5.74) is 1.27. The van der Waals surface area contributed by atoms with Crippen LogP contribution >= 0.6 is 11.3 Å². The van der Waals surface area contributed by atoms with Crippen LogP contribution in [-0.2, 0) is 6.54 Å². The van der Waals surface area contributed by atoms with Crippen molar-refractivity contribution in [3.05, 3.63) is 63.6 Å². The first kappa shape index (κ1) is 22.4. The molecule has 0 saturated carbocycles. The number of nitrogens with zero attached hydrogens (tertiary/aromatic N) is 4. The normalized spacial score (nSPS) is 14.8. The Morgan fingerprint density at radius 3 is 2.71 bits per heavy atom. The number of aryl methyl sites for hydroxylation is 2. The third kappa shape index (κ3) is 4.02. The van der Waals surface area contributed by atoms with Crippen LogP contribution in [0.5, 0.6) is 5.19 Å². The fourth-order valence-corrected chi connectivity index (χ4v) is 5.15. The van der Waals surface area contributed by atoms with Gasteiger partial charge >= 0.3 is 0 Å². The molecule has 0 bridgehead atoms. The van der Waals surface area contributed by atoms with Crippen LogP contribution in [0, 0.1) is 18.6 Å². The first-order chi connectivity index (χ1) is 16.3. The van der Waals surface area contributed by atoms with Crippen molar-refractivity contribution < 1.29 is 18.3 Å². The van der Waals surface area contributed by atoms with Crippen molar-refractivity contribution in [2.24, 2.45) is 0 Å². The van der Waals surface area contributed by atoms with Gasteiger partial charge in [0.1, 0.15) is 28.6 Å². The van der Waals surface area contributed by atoms with Gasteiger partial charge < -0.3 is 14.2 Å². The molecule has 1 amide bonds. The first-order valence-electron chi connectivity index (χ1n) is 11.1. The maximum atomic E-state index is 13.9. The maximum Gasteiger partial charge on any atom is 0.274 e. The molecule has 0 radical (unpaired) electrons. The maximum absolute atomic E-state index is 13.9. The summed E-state index contributed by atoms with van der Waals surface area (Å²) in [4.78, 5) is 36.5. The van der Waals surface area contributed by atoms with Gasteiger partial charge in [-0.15, -0.1) is 0 Å². The molecule has 0 N–H and O–H groups in total. The highest BCUT2D eigenvalue weighted by atomic mass is 32.1. The third-order valence-corrected chi connectivity index (χ3v) is 6.92. The number of hydrogen-bond acceptors (Lipinski definition) is 6. The Kier molecular flexibility index (Phi) is 5.76. The molecule has 10 heteroatoms. The quantitative estimate of drug-likeness (QED) is 0.432. The van der Waals surface area contributed by atoms with Crippen molar-refractivity contribution in [2.75, 3.05) is 13.1 Å². The Labute approximate surface area is 197 Å². The van der Waals surface area contributed by atoms with E-state index in [0.717, 1.165) is 23.1 Å². The highest BCUT2D eigenvalue weighted by Gasteiger charge is 2.28. The molecule has 4 heterocycles. The largest absolute Gasteiger partial charge is 0.467 e. The summed E-state index contributed by atoms with van der Waals surface area (Å²) in [6, 6.07) is 5.51.